The van der Waals surface area contributed by atoms with Crippen LogP contribution in [-0.4, -0.2) is 37.0 Å². The Hall–Kier alpha value is -2.91. The fraction of sp³-hybridized carbons (Fsp3) is 0.286. The van der Waals surface area contributed by atoms with Crippen LogP contribution in [0.1, 0.15) is 40.6 Å². The van der Waals surface area contributed by atoms with E-state index in [1.54, 1.807) is 36.4 Å². The molecule has 1 saturated heterocycles. The molecule has 31 heavy (non-hydrogen) atoms. The van der Waals surface area contributed by atoms with Crippen molar-refractivity contribution in [1.82, 2.24) is 19.7 Å². The van der Waals surface area contributed by atoms with E-state index in [0.29, 0.717) is 22.9 Å². The van der Waals surface area contributed by atoms with E-state index in [1.165, 1.54) is 23.9 Å². The number of nitro groups is 1. The lowest BCUT2D eigenvalue weighted by Crippen LogP contribution is -2.32. The predicted octanol–water partition coefficient (Wildman–Crippen LogP) is 4.65. The normalized spacial score (nSPS) is 15.9. The molecule has 0 spiro atoms. The summed E-state index contributed by atoms with van der Waals surface area (Å²) >= 11 is 7.73. The van der Waals surface area contributed by atoms with Crippen LogP contribution in [0.5, 0.6) is 0 Å². The van der Waals surface area contributed by atoms with Gasteiger partial charge in [-0.2, -0.15) is 0 Å². The van der Waals surface area contributed by atoms with E-state index < -0.39 is 4.92 Å². The second-order valence-corrected chi connectivity index (χ2v) is 8.60. The van der Waals surface area contributed by atoms with Gasteiger partial charge in [0.25, 0.3) is 11.6 Å². The number of carbonyl (C=O) groups excluding carboxylic acids is 1. The Bertz CT molecular complexity index is 1120. The molecule has 0 bridgehead atoms. The van der Waals surface area contributed by atoms with Gasteiger partial charge in [-0.3, -0.25) is 14.9 Å². The van der Waals surface area contributed by atoms with Gasteiger partial charge in [-0.25, -0.2) is 0 Å². The Balaban J connectivity index is 1.48. The third-order valence-electron chi connectivity index (χ3n) is 5.30. The Kier molecular flexibility index (Phi) is 6.24. The van der Waals surface area contributed by atoms with Gasteiger partial charge in [0.1, 0.15) is 0 Å². The van der Waals surface area contributed by atoms with E-state index >= 15 is 0 Å². The van der Waals surface area contributed by atoms with Gasteiger partial charge in [-0.05, 0) is 30.5 Å². The van der Waals surface area contributed by atoms with Crippen molar-refractivity contribution < 1.29 is 9.72 Å². The number of halogens is 1. The summed E-state index contributed by atoms with van der Waals surface area (Å²) in [5, 5.41) is 20.6. The first-order chi connectivity index (χ1) is 15.0. The number of rotatable bonds is 6. The van der Waals surface area contributed by atoms with E-state index in [2.05, 4.69) is 10.2 Å². The van der Waals surface area contributed by atoms with Crippen molar-refractivity contribution in [2.75, 3.05) is 6.54 Å². The van der Waals surface area contributed by atoms with Gasteiger partial charge in [0.15, 0.2) is 11.0 Å². The molecule has 1 aliphatic heterocycles. The fourth-order valence-electron chi connectivity index (χ4n) is 3.67. The van der Waals surface area contributed by atoms with Gasteiger partial charge in [-0.1, -0.05) is 47.6 Å². The van der Waals surface area contributed by atoms with Crippen molar-refractivity contribution in [1.29, 1.82) is 0 Å². The summed E-state index contributed by atoms with van der Waals surface area (Å²) in [5.74, 6) is 1.25. The standard InChI is InChI=1S/C21H20ClN5O3S/c1-25-19(18-7-4-12-26(18)20(28)16-5-2-3-6-17(16)22)23-24-21(25)31-13-14-8-10-15(11-9-14)27(29)30/h2-3,5-6,8-11,18H,4,7,12-13H2,1H3. The molecule has 1 unspecified atom stereocenters. The maximum Gasteiger partial charge on any atom is 0.269 e. The lowest BCUT2D eigenvalue weighted by atomic mass is 10.1. The second-order valence-electron chi connectivity index (χ2n) is 7.25. The van der Waals surface area contributed by atoms with Crippen molar-refractivity contribution in [3.63, 3.8) is 0 Å². The molecule has 160 valence electrons. The Morgan fingerprint density at radius 2 is 1.97 bits per heavy atom. The van der Waals surface area contributed by atoms with Crippen LogP contribution in [0.25, 0.3) is 0 Å². The molecule has 8 nitrogen and oxygen atoms in total. The van der Waals surface area contributed by atoms with Crippen molar-refractivity contribution in [2.45, 2.75) is 29.8 Å². The molecule has 3 aromatic rings. The number of likely N-dealkylation sites (tertiary alicyclic amines) is 1. The molecular weight excluding hydrogens is 438 g/mol. The highest BCUT2D eigenvalue weighted by atomic mass is 35.5. The maximum absolute atomic E-state index is 13.1. The van der Waals surface area contributed by atoms with E-state index in [1.807, 2.05) is 16.5 Å². The molecular formula is C21H20ClN5O3S. The molecule has 0 saturated carbocycles. The summed E-state index contributed by atoms with van der Waals surface area (Å²) < 4.78 is 1.92. The molecule has 0 aliphatic carbocycles. The van der Waals surface area contributed by atoms with Crippen LogP contribution >= 0.6 is 23.4 Å². The molecule has 0 radical (unpaired) electrons. The van der Waals surface area contributed by atoms with Crippen LogP contribution in [-0.2, 0) is 12.8 Å². The zero-order valence-electron chi connectivity index (χ0n) is 16.8. The molecule has 1 fully saturated rings. The fourth-order valence-corrected chi connectivity index (χ4v) is 4.76. The molecule has 1 atom stereocenters. The number of thioether (sulfide) groups is 1. The summed E-state index contributed by atoms with van der Waals surface area (Å²) in [5.41, 5.74) is 1.52. The number of benzene rings is 2. The van der Waals surface area contributed by atoms with Crippen molar-refractivity contribution in [3.05, 3.63) is 80.6 Å². The zero-order chi connectivity index (χ0) is 22.0. The smallest absolute Gasteiger partial charge is 0.269 e. The largest absolute Gasteiger partial charge is 0.328 e. The third kappa shape index (κ3) is 4.42. The lowest BCUT2D eigenvalue weighted by molar-refractivity contribution is -0.384. The Labute approximate surface area is 188 Å². The summed E-state index contributed by atoms with van der Waals surface area (Å²) in [6.07, 6.45) is 1.70. The van der Waals surface area contributed by atoms with Gasteiger partial charge >= 0.3 is 0 Å². The molecule has 4 rings (SSSR count). The molecule has 1 aliphatic rings. The zero-order valence-corrected chi connectivity index (χ0v) is 18.3. The summed E-state index contributed by atoms with van der Waals surface area (Å²) in [4.78, 5) is 25.3. The highest BCUT2D eigenvalue weighted by Gasteiger charge is 2.34. The first-order valence-electron chi connectivity index (χ1n) is 9.76. The first-order valence-corrected chi connectivity index (χ1v) is 11.1. The number of hydrogen-bond donors (Lipinski definition) is 0. The number of hydrogen-bond acceptors (Lipinski definition) is 6. The van der Waals surface area contributed by atoms with Crippen LogP contribution in [0.3, 0.4) is 0 Å². The van der Waals surface area contributed by atoms with Crippen LogP contribution in [0.2, 0.25) is 5.02 Å². The van der Waals surface area contributed by atoms with E-state index in [9.17, 15) is 14.9 Å². The first kappa shape index (κ1) is 21.3. The summed E-state index contributed by atoms with van der Waals surface area (Å²) in [6.45, 7) is 0.646. The molecule has 2 heterocycles. The minimum Gasteiger partial charge on any atom is -0.328 e. The van der Waals surface area contributed by atoms with Crippen LogP contribution in [0.4, 0.5) is 5.69 Å². The number of nitrogens with zero attached hydrogens (tertiary/aromatic N) is 5. The van der Waals surface area contributed by atoms with E-state index in [0.717, 1.165) is 29.4 Å². The molecule has 2 aromatic carbocycles. The topological polar surface area (TPSA) is 94.2 Å². The number of nitro benzene ring substituents is 1. The quantitative estimate of drug-likeness (QED) is 0.304. The highest BCUT2D eigenvalue weighted by molar-refractivity contribution is 7.98. The SMILES string of the molecule is Cn1c(SCc2ccc([N+](=O)[O-])cc2)nnc1C1CCCN1C(=O)c1ccccc1Cl. The van der Waals surface area contributed by atoms with E-state index in [4.69, 9.17) is 11.6 Å². The van der Waals surface area contributed by atoms with Crippen molar-refractivity contribution >= 4 is 35.0 Å². The third-order valence-corrected chi connectivity index (χ3v) is 6.72. The minimum absolute atomic E-state index is 0.0687. The van der Waals surface area contributed by atoms with Crippen LogP contribution in [0, 0.1) is 10.1 Å². The Morgan fingerprint density at radius 3 is 2.68 bits per heavy atom. The van der Waals surface area contributed by atoms with Crippen LogP contribution in [0.15, 0.2) is 53.7 Å². The lowest BCUT2D eigenvalue weighted by Gasteiger charge is -2.24. The monoisotopic (exact) mass is 457 g/mol. The number of aromatic nitrogens is 3. The number of carbonyl (C=O) groups is 1. The number of amides is 1. The molecule has 1 aromatic heterocycles. The molecule has 1 amide bonds. The minimum atomic E-state index is -0.414. The maximum atomic E-state index is 13.1. The van der Waals surface area contributed by atoms with Crippen molar-refractivity contribution in [2.24, 2.45) is 7.05 Å². The summed E-state index contributed by atoms with van der Waals surface area (Å²) in [7, 11) is 1.89. The molecule has 0 N–H and O–H groups in total. The average molecular weight is 458 g/mol. The highest BCUT2D eigenvalue weighted by Crippen LogP contribution is 2.34. The predicted molar refractivity (Wildman–Crippen MR) is 118 cm³/mol. The van der Waals surface area contributed by atoms with Gasteiger partial charge in [-0.15, -0.1) is 10.2 Å². The molecule has 10 heteroatoms. The second kappa shape index (κ2) is 9.07. The van der Waals surface area contributed by atoms with Crippen LogP contribution < -0.4 is 0 Å². The van der Waals surface area contributed by atoms with Gasteiger partial charge in [0.05, 0.1) is 21.6 Å². The van der Waals surface area contributed by atoms with Crippen molar-refractivity contribution in [3.8, 4) is 0 Å². The van der Waals surface area contributed by atoms with E-state index in [-0.39, 0.29) is 17.6 Å². The average Bonchev–Trinajstić information content (AvgIpc) is 3.39. The van der Waals surface area contributed by atoms with Gasteiger partial charge < -0.3 is 9.47 Å². The number of non-ortho nitro benzene ring substituents is 1. The summed E-state index contributed by atoms with van der Waals surface area (Å²) in [6, 6.07) is 13.4. The van der Waals surface area contributed by atoms with Gasteiger partial charge in [0.2, 0.25) is 0 Å². The Morgan fingerprint density at radius 1 is 1.23 bits per heavy atom. The van der Waals surface area contributed by atoms with Gasteiger partial charge in [0, 0.05) is 31.5 Å².